The SMILES string of the molecule is CN1CCC(Nc2ccncc2Cl)CC1. The molecule has 3 nitrogen and oxygen atoms in total. The van der Waals surface area contributed by atoms with E-state index < -0.39 is 0 Å². The Kier molecular flexibility index (Phi) is 3.44. The lowest BCUT2D eigenvalue weighted by molar-refractivity contribution is 0.264. The second-order valence-electron chi connectivity index (χ2n) is 4.08. The fraction of sp³-hybridized carbons (Fsp3) is 0.545. The summed E-state index contributed by atoms with van der Waals surface area (Å²) in [6.45, 7) is 2.31. The van der Waals surface area contributed by atoms with Crippen molar-refractivity contribution in [3.8, 4) is 0 Å². The Morgan fingerprint density at radius 1 is 1.47 bits per heavy atom. The first-order chi connectivity index (χ1) is 7.25. The lowest BCUT2D eigenvalue weighted by Gasteiger charge is -2.30. The van der Waals surface area contributed by atoms with Crippen molar-refractivity contribution in [2.45, 2.75) is 18.9 Å². The van der Waals surface area contributed by atoms with Crippen molar-refractivity contribution < 1.29 is 0 Å². The molecule has 1 aromatic rings. The fourth-order valence-electron chi connectivity index (χ4n) is 1.87. The van der Waals surface area contributed by atoms with Crippen LogP contribution in [0.1, 0.15) is 12.8 Å². The number of nitrogens with zero attached hydrogens (tertiary/aromatic N) is 2. The molecule has 4 heteroatoms. The Labute approximate surface area is 95.4 Å². The predicted molar refractivity (Wildman–Crippen MR) is 63.4 cm³/mol. The number of nitrogens with one attached hydrogen (secondary N) is 1. The molecule has 0 bridgehead atoms. The number of halogens is 1. The van der Waals surface area contributed by atoms with Gasteiger partial charge in [0.25, 0.3) is 0 Å². The Morgan fingerprint density at radius 3 is 2.87 bits per heavy atom. The first-order valence-corrected chi connectivity index (χ1v) is 5.68. The maximum Gasteiger partial charge on any atom is 0.0820 e. The lowest BCUT2D eigenvalue weighted by atomic mass is 10.1. The standard InChI is InChI=1S/C11H16ClN3/c1-15-6-3-9(4-7-15)14-11-2-5-13-8-10(11)12/h2,5,8-9H,3-4,6-7H2,1H3,(H,13,14). The number of pyridine rings is 1. The summed E-state index contributed by atoms with van der Waals surface area (Å²) in [5.74, 6) is 0. The molecule has 0 aliphatic carbocycles. The summed E-state index contributed by atoms with van der Waals surface area (Å²) in [6, 6.07) is 2.47. The molecule has 15 heavy (non-hydrogen) atoms. The van der Waals surface area contributed by atoms with Gasteiger partial charge in [0.15, 0.2) is 0 Å². The molecule has 2 rings (SSSR count). The van der Waals surface area contributed by atoms with Gasteiger partial charge in [0.1, 0.15) is 0 Å². The number of aromatic nitrogens is 1. The predicted octanol–water partition coefficient (Wildman–Crippen LogP) is 2.24. The minimum atomic E-state index is 0.543. The molecule has 0 unspecified atom stereocenters. The molecule has 2 heterocycles. The van der Waals surface area contributed by atoms with Crippen molar-refractivity contribution in [2.24, 2.45) is 0 Å². The third-order valence-electron chi connectivity index (χ3n) is 2.85. The van der Waals surface area contributed by atoms with Crippen molar-refractivity contribution in [3.05, 3.63) is 23.5 Å². The number of piperidine rings is 1. The third kappa shape index (κ3) is 2.83. The van der Waals surface area contributed by atoms with E-state index in [1.54, 1.807) is 12.4 Å². The molecular weight excluding hydrogens is 210 g/mol. The van der Waals surface area contributed by atoms with Gasteiger partial charge < -0.3 is 10.2 Å². The topological polar surface area (TPSA) is 28.2 Å². The van der Waals surface area contributed by atoms with Crippen LogP contribution in [0.3, 0.4) is 0 Å². The molecule has 0 saturated carbocycles. The van der Waals surface area contributed by atoms with Crippen LogP contribution >= 0.6 is 11.6 Å². The van der Waals surface area contributed by atoms with Gasteiger partial charge in [-0.3, -0.25) is 4.98 Å². The van der Waals surface area contributed by atoms with E-state index in [9.17, 15) is 0 Å². The van der Waals surface area contributed by atoms with Crippen molar-refractivity contribution in [3.63, 3.8) is 0 Å². The monoisotopic (exact) mass is 225 g/mol. The van der Waals surface area contributed by atoms with Crippen LogP contribution in [0.25, 0.3) is 0 Å². The van der Waals surface area contributed by atoms with Crippen molar-refractivity contribution >= 4 is 17.3 Å². The summed E-state index contributed by atoms with van der Waals surface area (Å²) in [7, 11) is 2.16. The minimum Gasteiger partial charge on any atom is -0.381 e. The highest BCUT2D eigenvalue weighted by Crippen LogP contribution is 2.22. The molecule has 1 aromatic heterocycles. The lowest BCUT2D eigenvalue weighted by Crippen LogP contribution is -2.36. The molecule has 0 aromatic carbocycles. The van der Waals surface area contributed by atoms with Gasteiger partial charge in [-0.15, -0.1) is 0 Å². The Balaban J connectivity index is 1.95. The fourth-order valence-corrected chi connectivity index (χ4v) is 2.04. The zero-order valence-corrected chi connectivity index (χ0v) is 9.67. The molecule has 0 atom stereocenters. The molecule has 82 valence electrons. The van der Waals surface area contributed by atoms with E-state index in [0.29, 0.717) is 11.1 Å². The number of anilines is 1. The Hall–Kier alpha value is -0.800. The first-order valence-electron chi connectivity index (χ1n) is 5.30. The molecule has 1 fully saturated rings. The Bertz CT molecular complexity index is 321. The van der Waals surface area contributed by atoms with Gasteiger partial charge in [-0.05, 0) is 39.0 Å². The maximum atomic E-state index is 6.04. The highest BCUT2D eigenvalue weighted by molar-refractivity contribution is 6.33. The van der Waals surface area contributed by atoms with E-state index in [0.717, 1.165) is 18.8 Å². The van der Waals surface area contributed by atoms with E-state index in [-0.39, 0.29) is 0 Å². The van der Waals surface area contributed by atoms with Crippen molar-refractivity contribution in [1.29, 1.82) is 0 Å². The van der Waals surface area contributed by atoms with Gasteiger partial charge in [-0.25, -0.2) is 0 Å². The van der Waals surface area contributed by atoms with E-state index >= 15 is 0 Å². The van der Waals surface area contributed by atoms with Crippen LogP contribution in [0.15, 0.2) is 18.5 Å². The van der Waals surface area contributed by atoms with Crippen LogP contribution in [-0.4, -0.2) is 36.1 Å². The first kappa shape index (κ1) is 10.7. The summed E-state index contributed by atoms with van der Waals surface area (Å²) in [5, 5.41) is 4.18. The average Bonchev–Trinajstić information content (AvgIpc) is 2.25. The third-order valence-corrected chi connectivity index (χ3v) is 3.15. The van der Waals surface area contributed by atoms with E-state index in [1.807, 2.05) is 6.07 Å². The van der Waals surface area contributed by atoms with E-state index in [1.165, 1.54) is 12.8 Å². The number of rotatable bonds is 2. The number of likely N-dealkylation sites (tertiary alicyclic amines) is 1. The largest absolute Gasteiger partial charge is 0.381 e. The summed E-state index contributed by atoms with van der Waals surface area (Å²) in [5.41, 5.74) is 1.00. The Morgan fingerprint density at radius 2 is 2.20 bits per heavy atom. The second-order valence-corrected chi connectivity index (χ2v) is 4.48. The van der Waals surface area contributed by atoms with Crippen LogP contribution in [-0.2, 0) is 0 Å². The molecule has 1 aliphatic rings. The van der Waals surface area contributed by atoms with Crippen molar-refractivity contribution in [2.75, 3.05) is 25.5 Å². The zero-order chi connectivity index (χ0) is 10.7. The summed E-state index contributed by atoms with van der Waals surface area (Å²) < 4.78 is 0. The van der Waals surface area contributed by atoms with Gasteiger partial charge in [-0.2, -0.15) is 0 Å². The zero-order valence-electron chi connectivity index (χ0n) is 8.91. The summed E-state index contributed by atoms with van der Waals surface area (Å²) in [4.78, 5) is 6.32. The van der Waals surface area contributed by atoms with Gasteiger partial charge in [-0.1, -0.05) is 11.6 Å². The summed E-state index contributed by atoms with van der Waals surface area (Å²) in [6.07, 6.45) is 5.80. The quantitative estimate of drug-likeness (QED) is 0.837. The molecular formula is C11H16ClN3. The van der Waals surface area contributed by atoms with Crippen LogP contribution in [0, 0.1) is 0 Å². The molecule has 0 amide bonds. The van der Waals surface area contributed by atoms with Gasteiger partial charge in [0.2, 0.25) is 0 Å². The van der Waals surface area contributed by atoms with Gasteiger partial charge in [0, 0.05) is 18.4 Å². The molecule has 0 spiro atoms. The summed E-state index contributed by atoms with van der Waals surface area (Å²) >= 11 is 6.04. The number of hydrogen-bond acceptors (Lipinski definition) is 3. The van der Waals surface area contributed by atoms with Crippen molar-refractivity contribution in [1.82, 2.24) is 9.88 Å². The number of hydrogen-bond donors (Lipinski definition) is 1. The highest BCUT2D eigenvalue weighted by Gasteiger charge is 2.16. The molecule has 1 aliphatic heterocycles. The molecule has 1 saturated heterocycles. The van der Waals surface area contributed by atoms with Crippen LogP contribution in [0.5, 0.6) is 0 Å². The normalized spacial score (nSPS) is 19.1. The van der Waals surface area contributed by atoms with Gasteiger partial charge >= 0.3 is 0 Å². The van der Waals surface area contributed by atoms with Crippen LogP contribution in [0.4, 0.5) is 5.69 Å². The smallest absolute Gasteiger partial charge is 0.0820 e. The van der Waals surface area contributed by atoms with E-state index in [2.05, 4.69) is 22.2 Å². The molecule has 0 radical (unpaired) electrons. The minimum absolute atomic E-state index is 0.543. The average molecular weight is 226 g/mol. The highest BCUT2D eigenvalue weighted by atomic mass is 35.5. The van der Waals surface area contributed by atoms with Gasteiger partial charge in [0.05, 0.1) is 10.7 Å². The molecule has 1 N–H and O–H groups in total. The van der Waals surface area contributed by atoms with Crippen LogP contribution < -0.4 is 5.32 Å². The second kappa shape index (κ2) is 4.81. The maximum absolute atomic E-state index is 6.04. The van der Waals surface area contributed by atoms with E-state index in [4.69, 9.17) is 11.6 Å². The van der Waals surface area contributed by atoms with Crippen LogP contribution in [0.2, 0.25) is 5.02 Å².